The minimum Gasteiger partial charge on any atom is -0.384 e. The Labute approximate surface area is 120 Å². The predicted molar refractivity (Wildman–Crippen MR) is 77.4 cm³/mol. The van der Waals surface area contributed by atoms with Crippen molar-refractivity contribution >= 4 is 15.7 Å². The fraction of sp³-hybridized carbons (Fsp3) is 0.571. The van der Waals surface area contributed by atoms with E-state index in [1.807, 2.05) is 6.07 Å². The van der Waals surface area contributed by atoms with E-state index < -0.39 is 10.0 Å². The monoisotopic (exact) mass is 296 g/mol. The van der Waals surface area contributed by atoms with Gasteiger partial charge in [-0.25, -0.2) is 8.42 Å². The van der Waals surface area contributed by atoms with Gasteiger partial charge >= 0.3 is 0 Å². The van der Waals surface area contributed by atoms with Crippen LogP contribution in [0.5, 0.6) is 0 Å². The number of hydrogen-bond donors (Lipinski definition) is 1. The zero-order chi connectivity index (χ0) is 14.2. The second kappa shape index (κ2) is 5.35. The standard InChI is InChI=1S/C14H20N2O3S/c1-16(12-5-8-19-9-6-12)20(17,18)13-2-3-14-11(10-13)4-7-15-14/h2-3,10,12,15H,4-9H2,1H3. The van der Waals surface area contributed by atoms with Crippen LogP contribution >= 0.6 is 0 Å². The number of anilines is 1. The van der Waals surface area contributed by atoms with Crippen molar-refractivity contribution in [1.29, 1.82) is 0 Å². The molecule has 0 aliphatic carbocycles. The van der Waals surface area contributed by atoms with E-state index in [0.717, 1.165) is 37.1 Å². The molecule has 20 heavy (non-hydrogen) atoms. The van der Waals surface area contributed by atoms with E-state index >= 15 is 0 Å². The first-order valence-electron chi connectivity index (χ1n) is 7.01. The molecule has 0 bridgehead atoms. The van der Waals surface area contributed by atoms with Gasteiger partial charge in [0.1, 0.15) is 0 Å². The van der Waals surface area contributed by atoms with Crippen LogP contribution in [-0.4, -0.2) is 45.6 Å². The molecule has 6 heteroatoms. The van der Waals surface area contributed by atoms with Gasteiger partial charge in [-0.1, -0.05) is 0 Å². The molecule has 1 N–H and O–H groups in total. The first-order chi connectivity index (χ1) is 9.59. The zero-order valence-electron chi connectivity index (χ0n) is 11.6. The van der Waals surface area contributed by atoms with Gasteiger partial charge < -0.3 is 10.1 Å². The summed E-state index contributed by atoms with van der Waals surface area (Å²) in [6.45, 7) is 2.16. The molecule has 0 spiro atoms. The molecule has 1 aromatic carbocycles. The lowest BCUT2D eigenvalue weighted by atomic mass is 10.1. The van der Waals surface area contributed by atoms with Crippen molar-refractivity contribution in [3.8, 4) is 0 Å². The zero-order valence-corrected chi connectivity index (χ0v) is 12.4. The molecule has 110 valence electrons. The van der Waals surface area contributed by atoms with Gasteiger partial charge in [0.25, 0.3) is 0 Å². The maximum atomic E-state index is 12.7. The van der Waals surface area contributed by atoms with Gasteiger partial charge in [0.2, 0.25) is 10.0 Å². The highest BCUT2D eigenvalue weighted by atomic mass is 32.2. The number of benzene rings is 1. The van der Waals surface area contributed by atoms with Gasteiger partial charge in [-0.15, -0.1) is 0 Å². The quantitative estimate of drug-likeness (QED) is 0.917. The third kappa shape index (κ3) is 2.43. The molecule has 2 aliphatic rings. The fourth-order valence-electron chi connectivity index (χ4n) is 2.85. The molecule has 0 atom stereocenters. The Hall–Kier alpha value is -1.11. The number of hydrogen-bond acceptors (Lipinski definition) is 4. The van der Waals surface area contributed by atoms with Gasteiger partial charge in [0.05, 0.1) is 4.90 Å². The topological polar surface area (TPSA) is 58.6 Å². The summed E-state index contributed by atoms with van der Waals surface area (Å²) in [4.78, 5) is 0.397. The average Bonchev–Trinajstić information content (AvgIpc) is 2.94. The van der Waals surface area contributed by atoms with Crippen LogP contribution in [0.25, 0.3) is 0 Å². The normalized spacial score (nSPS) is 19.9. The number of nitrogens with zero attached hydrogens (tertiary/aromatic N) is 1. The highest BCUT2D eigenvalue weighted by Gasteiger charge is 2.30. The van der Waals surface area contributed by atoms with Crippen LogP contribution in [0.3, 0.4) is 0 Å². The molecule has 0 radical (unpaired) electrons. The molecule has 5 nitrogen and oxygen atoms in total. The number of rotatable bonds is 3. The lowest BCUT2D eigenvalue weighted by molar-refractivity contribution is 0.0632. The second-order valence-corrected chi connectivity index (χ2v) is 7.36. The highest BCUT2D eigenvalue weighted by molar-refractivity contribution is 7.89. The van der Waals surface area contributed by atoms with E-state index in [4.69, 9.17) is 4.74 Å². The molecular formula is C14H20N2O3S. The number of sulfonamides is 1. The van der Waals surface area contributed by atoms with Crippen molar-refractivity contribution in [2.45, 2.75) is 30.2 Å². The smallest absolute Gasteiger partial charge is 0.243 e. The van der Waals surface area contributed by atoms with Crippen LogP contribution in [0.4, 0.5) is 5.69 Å². The van der Waals surface area contributed by atoms with E-state index in [-0.39, 0.29) is 6.04 Å². The van der Waals surface area contributed by atoms with Crippen LogP contribution in [-0.2, 0) is 21.2 Å². The summed E-state index contributed by atoms with van der Waals surface area (Å²) >= 11 is 0. The Morgan fingerprint density at radius 2 is 2.05 bits per heavy atom. The minimum atomic E-state index is -3.41. The number of ether oxygens (including phenoxy) is 1. The van der Waals surface area contributed by atoms with Crippen molar-refractivity contribution < 1.29 is 13.2 Å². The summed E-state index contributed by atoms with van der Waals surface area (Å²) in [5.41, 5.74) is 2.14. The Bertz CT molecular complexity index is 594. The lowest BCUT2D eigenvalue weighted by Gasteiger charge is -2.30. The van der Waals surface area contributed by atoms with Gasteiger partial charge in [0.15, 0.2) is 0 Å². The largest absolute Gasteiger partial charge is 0.384 e. The average molecular weight is 296 g/mol. The predicted octanol–water partition coefficient (Wildman–Crippen LogP) is 1.45. The van der Waals surface area contributed by atoms with E-state index in [9.17, 15) is 8.42 Å². The molecule has 0 amide bonds. The van der Waals surface area contributed by atoms with Crippen LogP contribution in [0.1, 0.15) is 18.4 Å². The van der Waals surface area contributed by atoms with E-state index in [1.165, 1.54) is 4.31 Å². The highest BCUT2D eigenvalue weighted by Crippen LogP contribution is 2.28. The Morgan fingerprint density at radius 1 is 1.30 bits per heavy atom. The van der Waals surface area contributed by atoms with Crippen LogP contribution in [0.2, 0.25) is 0 Å². The molecule has 1 aromatic rings. The van der Waals surface area contributed by atoms with Crippen molar-refractivity contribution in [3.05, 3.63) is 23.8 Å². The summed E-state index contributed by atoms with van der Waals surface area (Å²) in [7, 11) is -1.73. The SMILES string of the molecule is CN(C1CCOCC1)S(=O)(=O)c1ccc2c(c1)CCN2. The van der Waals surface area contributed by atoms with E-state index in [2.05, 4.69) is 5.32 Å². The van der Waals surface area contributed by atoms with Crippen LogP contribution in [0.15, 0.2) is 23.1 Å². The maximum absolute atomic E-state index is 12.7. The lowest BCUT2D eigenvalue weighted by Crippen LogP contribution is -2.40. The Morgan fingerprint density at radius 3 is 2.80 bits per heavy atom. The first kappa shape index (κ1) is 13.9. The summed E-state index contributed by atoms with van der Waals surface area (Å²) in [6.07, 6.45) is 2.42. The fourth-order valence-corrected chi connectivity index (χ4v) is 4.32. The van der Waals surface area contributed by atoms with Gasteiger partial charge in [-0.05, 0) is 43.0 Å². The number of nitrogens with one attached hydrogen (secondary N) is 1. The van der Waals surface area contributed by atoms with E-state index in [1.54, 1.807) is 19.2 Å². The summed E-state index contributed by atoms with van der Waals surface area (Å²) in [6, 6.07) is 5.41. The van der Waals surface area contributed by atoms with Gasteiger partial charge in [-0.2, -0.15) is 4.31 Å². The van der Waals surface area contributed by atoms with Crippen molar-refractivity contribution in [2.24, 2.45) is 0 Å². The molecule has 1 saturated heterocycles. The molecule has 2 aliphatic heterocycles. The molecule has 0 aromatic heterocycles. The number of fused-ring (bicyclic) bond motifs is 1. The van der Waals surface area contributed by atoms with Crippen LogP contribution in [0, 0.1) is 0 Å². The maximum Gasteiger partial charge on any atom is 0.243 e. The third-order valence-corrected chi connectivity index (χ3v) is 6.07. The molecule has 2 heterocycles. The molecular weight excluding hydrogens is 276 g/mol. The molecule has 0 unspecified atom stereocenters. The second-order valence-electron chi connectivity index (χ2n) is 5.36. The van der Waals surface area contributed by atoms with Gasteiger partial charge in [0, 0.05) is 38.5 Å². The van der Waals surface area contributed by atoms with Crippen LogP contribution < -0.4 is 5.32 Å². The third-order valence-electron chi connectivity index (χ3n) is 4.17. The Balaban J connectivity index is 1.87. The summed E-state index contributed by atoms with van der Waals surface area (Å²) in [5, 5.41) is 3.25. The van der Waals surface area contributed by atoms with Crippen molar-refractivity contribution in [1.82, 2.24) is 4.31 Å². The summed E-state index contributed by atoms with van der Waals surface area (Å²) in [5.74, 6) is 0. The summed E-state index contributed by atoms with van der Waals surface area (Å²) < 4.78 is 32.2. The first-order valence-corrected chi connectivity index (χ1v) is 8.45. The molecule has 3 rings (SSSR count). The Kier molecular flexibility index (Phi) is 3.70. The molecule has 0 saturated carbocycles. The van der Waals surface area contributed by atoms with E-state index in [0.29, 0.717) is 18.1 Å². The molecule has 1 fully saturated rings. The van der Waals surface area contributed by atoms with Crippen molar-refractivity contribution in [3.63, 3.8) is 0 Å². The minimum absolute atomic E-state index is 0.0418. The van der Waals surface area contributed by atoms with Gasteiger partial charge in [-0.3, -0.25) is 0 Å². The van der Waals surface area contributed by atoms with Crippen molar-refractivity contribution in [2.75, 3.05) is 32.1 Å².